The summed E-state index contributed by atoms with van der Waals surface area (Å²) in [6.45, 7) is 7.22. The fraction of sp³-hybridized carbons (Fsp3) is 0.560. The molecule has 2 amide bonds. The van der Waals surface area contributed by atoms with Crippen molar-refractivity contribution < 1.29 is 14.3 Å². The number of nitrogens with zero attached hydrogens (tertiary/aromatic N) is 4. The summed E-state index contributed by atoms with van der Waals surface area (Å²) in [7, 11) is 1.66. The summed E-state index contributed by atoms with van der Waals surface area (Å²) in [6, 6.07) is 10.4. The highest BCUT2D eigenvalue weighted by molar-refractivity contribution is 5.92. The Morgan fingerprint density at radius 1 is 1.12 bits per heavy atom. The van der Waals surface area contributed by atoms with Gasteiger partial charge in [-0.15, -0.1) is 0 Å². The van der Waals surface area contributed by atoms with E-state index in [1.165, 1.54) is 5.56 Å². The molecule has 33 heavy (non-hydrogen) atoms. The third-order valence-corrected chi connectivity index (χ3v) is 6.76. The SMILES string of the molecule is COCCCNC(=O)c1cn2c(n1)C(c1ccccc1)N(CC1CCN(C(C)=O)CC1)CC2. The van der Waals surface area contributed by atoms with Crippen LogP contribution in [0.2, 0.25) is 0 Å². The number of ether oxygens (including phenoxy) is 1. The first kappa shape index (κ1) is 23.4. The molecule has 1 fully saturated rings. The smallest absolute Gasteiger partial charge is 0.271 e. The number of likely N-dealkylation sites (tertiary alicyclic amines) is 1. The molecule has 1 atom stereocenters. The first-order valence-corrected chi connectivity index (χ1v) is 12.0. The van der Waals surface area contributed by atoms with Crippen LogP contribution >= 0.6 is 0 Å². The van der Waals surface area contributed by atoms with Crippen LogP contribution in [-0.4, -0.2) is 77.6 Å². The molecule has 178 valence electrons. The molecule has 2 aliphatic heterocycles. The average Bonchev–Trinajstić information content (AvgIpc) is 3.27. The Hall–Kier alpha value is -2.71. The number of piperidine rings is 1. The quantitative estimate of drug-likeness (QED) is 0.621. The Kier molecular flexibility index (Phi) is 7.77. The number of aromatic nitrogens is 2. The molecule has 1 saturated heterocycles. The molecule has 2 aromatic rings. The number of rotatable bonds is 8. The molecule has 3 heterocycles. The molecule has 4 rings (SSSR count). The molecular formula is C25H35N5O3. The van der Waals surface area contributed by atoms with Crippen LogP contribution in [0.1, 0.15) is 54.1 Å². The zero-order valence-electron chi connectivity index (χ0n) is 19.7. The van der Waals surface area contributed by atoms with Crippen LogP contribution in [0.4, 0.5) is 0 Å². The second-order valence-electron chi connectivity index (χ2n) is 9.04. The number of hydrogen-bond donors (Lipinski definition) is 1. The predicted molar refractivity (Wildman–Crippen MR) is 126 cm³/mol. The van der Waals surface area contributed by atoms with Gasteiger partial charge >= 0.3 is 0 Å². The minimum Gasteiger partial charge on any atom is -0.385 e. The van der Waals surface area contributed by atoms with E-state index in [9.17, 15) is 9.59 Å². The summed E-state index contributed by atoms with van der Waals surface area (Å²) in [4.78, 5) is 33.6. The molecule has 1 aromatic carbocycles. The van der Waals surface area contributed by atoms with E-state index in [4.69, 9.17) is 9.72 Å². The van der Waals surface area contributed by atoms with Gasteiger partial charge < -0.3 is 19.5 Å². The summed E-state index contributed by atoms with van der Waals surface area (Å²) in [5.74, 6) is 1.51. The van der Waals surface area contributed by atoms with Crippen molar-refractivity contribution in [2.24, 2.45) is 5.92 Å². The van der Waals surface area contributed by atoms with Gasteiger partial charge in [0.05, 0.1) is 6.04 Å². The molecule has 8 nitrogen and oxygen atoms in total. The molecule has 1 unspecified atom stereocenters. The van der Waals surface area contributed by atoms with Gasteiger partial charge in [-0.1, -0.05) is 30.3 Å². The van der Waals surface area contributed by atoms with Gasteiger partial charge in [-0.2, -0.15) is 0 Å². The second-order valence-corrected chi connectivity index (χ2v) is 9.04. The van der Waals surface area contributed by atoms with E-state index < -0.39 is 0 Å². The number of imidazole rings is 1. The fourth-order valence-corrected chi connectivity index (χ4v) is 4.93. The molecule has 0 spiro atoms. The molecule has 1 N–H and O–H groups in total. The van der Waals surface area contributed by atoms with Gasteiger partial charge in [-0.25, -0.2) is 4.98 Å². The number of methoxy groups -OCH3 is 1. The number of amides is 2. The van der Waals surface area contributed by atoms with Gasteiger partial charge in [-0.05, 0) is 30.7 Å². The lowest BCUT2D eigenvalue weighted by Gasteiger charge is -2.40. The van der Waals surface area contributed by atoms with Crippen molar-refractivity contribution in [1.29, 1.82) is 0 Å². The van der Waals surface area contributed by atoms with Crippen LogP contribution < -0.4 is 5.32 Å². The number of nitrogens with one attached hydrogen (secondary N) is 1. The number of fused-ring (bicyclic) bond motifs is 1. The number of carbonyl (C=O) groups excluding carboxylic acids is 2. The minimum absolute atomic E-state index is 0.0147. The lowest BCUT2D eigenvalue weighted by Crippen LogP contribution is -2.44. The first-order chi connectivity index (χ1) is 16.1. The Labute approximate surface area is 195 Å². The van der Waals surface area contributed by atoms with Crippen LogP contribution in [0.5, 0.6) is 0 Å². The Balaban J connectivity index is 1.51. The van der Waals surface area contributed by atoms with Gasteiger partial charge in [0.15, 0.2) is 0 Å². The first-order valence-electron chi connectivity index (χ1n) is 12.0. The molecule has 8 heteroatoms. The molecule has 0 saturated carbocycles. The van der Waals surface area contributed by atoms with Crippen LogP contribution in [0.3, 0.4) is 0 Å². The third-order valence-electron chi connectivity index (χ3n) is 6.76. The second kappa shape index (κ2) is 10.9. The molecule has 0 bridgehead atoms. The molecule has 0 aliphatic carbocycles. The van der Waals surface area contributed by atoms with Crippen LogP contribution in [0.25, 0.3) is 0 Å². The van der Waals surface area contributed by atoms with Gasteiger partial charge in [0.2, 0.25) is 5.91 Å². The monoisotopic (exact) mass is 453 g/mol. The normalized spacial score (nSPS) is 19.3. The van der Waals surface area contributed by atoms with Crippen molar-refractivity contribution in [3.05, 3.63) is 53.6 Å². The summed E-state index contributed by atoms with van der Waals surface area (Å²) >= 11 is 0. The maximum Gasteiger partial charge on any atom is 0.271 e. The standard InChI is InChI=1S/C25H35N5O3/c1-19(31)28-12-9-20(10-13-28)17-29-14-15-30-18-22(25(32)26-11-6-16-33-2)27-24(30)23(29)21-7-4-3-5-8-21/h3-5,7-8,18,20,23H,6,9-17H2,1-2H3,(H,26,32). The lowest BCUT2D eigenvalue weighted by atomic mass is 9.94. The highest BCUT2D eigenvalue weighted by atomic mass is 16.5. The molecular weight excluding hydrogens is 418 g/mol. The zero-order chi connectivity index (χ0) is 23.2. The van der Waals surface area contributed by atoms with Crippen LogP contribution in [0.15, 0.2) is 36.5 Å². The molecule has 0 radical (unpaired) electrons. The maximum absolute atomic E-state index is 12.7. The summed E-state index contributed by atoms with van der Waals surface area (Å²) in [6.07, 6.45) is 4.72. The summed E-state index contributed by atoms with van der Waals surface area (Å²) in [5.41, 5.74) is 1.66. The molecule has 2 aliphatic rings. The van der Waals surface area contributed by atoms with E-state index in [2.05, 4.69) is 39.0 Å². The fourth-order valence-electron chi connectivity index (χ4n) is 4.93. The summed E-state index contributed by atoms with van der Waals surface area (Å²) in [5, 5.41) is 2.95. The van der Waals surface area contributed by atoms with Gasteiger partial charge in [-0.3, -0.25) is 14.5 Å². The minimum atomic E-state index is -0.136. The van der Waals surface area contributed by atoms with Crippen molar-refractivity contribution in [3.63, 3.8) is 0 Å². The van der Waals surface area contributed by atoms with Gasteiger partial charge in [0, 0.05) is 66.1 Å². The zero-order valence-corrected chi connectivity index (χ0v) is 19.7. The van der Waals surface area contributed by atoms with Crippen molar-refractivity contribution in [3.8, 4) is 0 Å². The van der Waals surface area contributed by atoms with Crippen molar-refractivity contribution >= 4 is 11.8 Å². The lowest BCUT2D eigenvalue weighted by molar-refractivity contribution is -0.130. The van der Waals surface area contributed by atoms with Crippen LogP contribution in [-0.2, 0) is 16.1 Å². The highest BCUT2D eigenvalue weighted by Crippen LogP contribution is 2.33. The van der Waals surface area contributed by atoms with Crippen molar-refractivity contribution in [2.75, 3.05) is 46.4 Å². The average molecular weight is 454 g/mol. The third kappa shape index (κ3) is 5.62. The molecule has 1 aromatic heterocycles. The van der Waals surface area contributed by atoms with Crippen molar-refractivity contribution in [2.45, 2.75) is 38.8 Å². The Morgan fingerprint density at radius 2 is 1.88 bits per heavy atom. The topological polar surface area (TPSA) is 79.7 Å². The number of benzene rings is 1. The van der Waals surface area contributed by atoms with Crippen LogP contribution in [0, 0.1) is 5.92 Å². The van der Waals surface area contributed by atoms with E-state index in [1.54, 1.807) is 14.0 Å². The van der Waals surface area contributed by atoms with E-state index >= 15 is 0 Å². The Bertz CT molecular complexity index is 937. The van der Waals surface area contributed by atoms with Crippen molar-refractivity contribution in [1.82, 2.24) is 24.7 Å². The van der Waals surface area contributed by atoms with E-state index in [1.807, 2.05) is 17.2 Å². The van der Waals surface area contributed by atoms with E-state index in [0.29, 0.717) is 24.8 Å². The largest absolute Gasteiger partial charge is 0.385 e. The number of carbonyl (C=O) groups is 2. The van der Waals surface area contributed by atoms with Gasteiger partial charge in [0.1, 0.15) is 11.5 Å². The maximum atomic E-state index is 12.7. The Morgan fingerprint density at radius 3 is 2.58 bits per heavy atom. The van der Waals surface area contributed by atoms with Gasteiger partial charge in [0.25, 0.3) is 5.91 Å². The van der Waals surface area contributed by atoms with E-state index in [-0.39, 0.29) is 17.9 Å². The summed E-state index contributed by atoms with van der Waals surface area (Å²) < 4.78 is 7.19. The number of hydrogen-bond acceptors (Lipinski definition) is 5. The highest BCUT2D eigenvalue weighted by Gasteiger charge is 2.34. The predicted octanol–water partition coefficient (Wildman–Crippen LogP) is 2.31. The van der Waals surface area contributed by atoms with E-state index in [0.717, 1.165) is 57.8 Å².